The summed E-state index contributed by atoms with van der Waals surface area (Å²) < 4.78 is 16.7. The van der Waals surface area contributed by atoms with Gasteiger partial charge in [-0.25, -0.2) is 39.2 Å². The van der Waals surface area contributed by atoms with E-state index in [2.05, 4.69) is 63.7 Å². The van der Waals surface area contributed by atoms with Crippen molar-refractivity contribution in [2.24, 2.45) is 17.8 Å². The molecule has 1 saturated heterocycles. The number of nitrogens with zero attached hydrogens (tertiary/aromatic N) is 3. The lowest BCUT2D eigenvalue weighted by Gasteiger charge is -2.39. The van der Waals surface area contributed by atoms with Crippen molar-refractivity contribution in [1.29, 1.82) is 0 Å². The highest BCUT2D eigenvalue weighted by atomic mass is 33.1. The first kappa shape index (κ1) is 105. The van der Waals surface area contributed by atoms with Gasteiger partial charge in [0.25, 0.3) is 5.91 Å². The number of likely N-dealkylation sites (tertiary alicyclic amines) is 1. The van der Waals surface area contributed by atoms with Crippen molar-refractivity contribution in [2.75, 3.05) is 45.0 Å². The minimum atomic E-state index is -2.00. The summed E-state index contributed by atoms with van der Waals surface area (Å²) in [7, 11) is 3.70. The van der Waals surface area contributed by atoms with Gasteiger partial charge >= 0.3 is 65.9 Å². The van der Waals surface area contributed by atoms with Crippen LogP contribution in [0.3, 0.4) is 0 Å². The van der Waals surface area contributed by atoms with Crippen LogP contribution >= 0.6 is 32.9 Å². The van der Waals surface area contributed by atoms with Crippen molar-refractivity contribution in [3.8, 4) is 5.75 Å². The number of nitrogens with one attached hydrogen (secondary N) is 11. The number of rotatable bonds is 55. The normalized spacial score (nSPS) is 15.2. The number of hydrazine groups is 1. The topological polar surface area (TPSA) is 628 Å². The van der Waals surface area contributed by atoms with Gasteiger partial charge in [0.05, 0.1) is 25.3 Å². The van der Waals surface area contributed by atoms with Gasteiger partial charge < -0.3 is 103 Å². The number of ether oxygens (including phenoxy) is 3. The zero-order valence-corrected chi connectivity index (χ0v) is 72.6. The fourth-order valence-corrected chi connectivity index (χ4v) is 15.5. The molecule has 0 radical (unpaired) electrons. The Labute approximate surface area is 727 Å². The Morgan fingerprint density at radius 1 is 0.629 bits per heavy atom. The number of hydrogen-bond donors (Lipinski definition) is 18. The Balaban J connectivity index is 1.28. The van der Waals surface area contributed by atoms with Crippen molar-refractivity contribution in [3.63, 3.8) is 0 Å². The Kier molecular flexibility index (Phi) is 46.3. The van der Waals surface area contributed by atoms with Crippen LogP contribution in [-0.4, -0.2) is 257 Å². The SMILES string of the molecule is CCCC(=O)OCN(C(=O)[C@@H](NC(=O)[C@H]1CCCCN1C)C(C)CC)[C@H](C[C@@H](OC(C)=O)c1nc(C(=O)N[C@@H](Cc2ccc(O)cc2)C[C@H](C)C(=O)NNC(=O)OCCSSC[C@H](NC(=O)[C@H](CC(=O)O)NC(=O)[C@H](CC(=O)O)NC(=O)Cc2ccc(CNC(=O)NCCCC[C@@H](NC(=O)N[C@@H](CCCC(=O)O)C(=O)O)C(=O)O)cc2)C(=O)O)cs1)C(C)C. The van der Waals surface area contributed by atoms with E-state index >= 15 is 4.79 Å². The quantitative estimate of drug-likeness (QED) is 0.00957. The number of benzene rings is 2. The zero-order valence-electron chi connectivity index (χ0n) is 70.1. The van der Waals surface area contributed by atoms with Crippen LogP contribution in [0, 0.1) is 17.8 Å². The number of thiazole rings is 1. The maximum Gasteiger partial charge on any atom is 0.426 e. The first-order valence-corrected chi connectivity index (χ1v) is 43.6. The average Bonchev–Trinajstić information content (AvgIpc) is 1.29. The monoisotopic (exact) mass is 1800 g/mol. The van der Waals surface area contributed by atoms with E-state index in [1.807, 2.05) is 39.6 Å². The number of esters is 2. The van der Waals surface area contributed by atoms with Crippen LogP contribution in [0.25, 0.3) is 0 Å². The standard InChI is InChI=1S/C79H114N14O28S3/c1-9-16-65(103)120-42-93(73(109)66(44(5)10-2)89-71(108)58-19-12-14-30-92(58)8)59(43(3)4)38-60(121-46(7)94)72-86-56(40-122-72)70(107)82-50(34-47-25-27-51(95)28-26-47)33-45(6)67(104)90-91-79(118)119-31-32-123-124-41-57(76(114)115)85-69(106)55(37-64(101)102)84-68(105)54(36-63(99)100)83-61(96)35-48-21-23-49(24-22-48)39-81-77(116)80-29-13-11-17-52(74(110)111)87-78(117)88-53(75(112)113)18-15-20-62(97)98/h21-28,40,43-45,50,52-55,57-60,66,95H,9-20,29-39,41-42H2,1-8H3,(H,82,107)(H,83,96)(H,84,105)(H,85,106)(H,89,108)(H,90,104)(H,91,118)(H,97,98)(H,99,100)(H,101,102)(H,110,111)(H,112,113)(H,114,115)(H2,80,81,116)(H2,87,88,117)/t44?,45-,50+,52+,53-,54-,55-,57-,58+,59+,60+,66-/m0/s1. The van der Waals surface area contributed by atoms with E-state index in [0.29, 0.717) is 42.5 Å². The van der Waals surface area contributed by atoms with Crippen LogP contribution in [0.4, 0.5) is 14.4 Å². The van der Waals surface area contributed by atoms with E-state index in [1.165, 1.54) is 60.5 Å². The first-order chi connectivity index (χ1) is 58.7. The lowest BCUT2D eigenvalue weighted by Crippen LogP contribution is -2.59. The Morgan fingerprint density at radius 3 is 1.81 bits per heavy atom. The predicted octanol–water partition coefficient (Wildman–Crippen LogP) is 3.68. The molecule has 45 heteroatoms. The molecule has 4 rings (SSSR count). The molecule has 0 aliphatic carbocycles. The Morgan fingerprint density at radius 2 is 1.23 bits per heavy atom. The number of amides is 12. The lowest BCUT2D eigenvalue weighted by molar-refractivity contribution is -0.161. The first-order valence-electron chi connectivity index (χ1n) is 40.2. The van der Waals surface area contributed by atoms with Crippen molar-refractivity contribution in [3.05, 3.63) is 81.3 Å². The van der Waals surface area contributed by atoms with Crippen LogP contribution in [0.2, 0.25) is 0 Å². The number of piperidine rings is 1. The van der Waals surface area contributed by atoms with E-state index in [9.17, 15) is 112 Å². The molecule has 2 aromatic carbocycles. The molecular weight excluding hydrogens is 1690 g/mol. The van der Waals surface area contributed by atoms with Crippen LogP contribution in [-0.2, 0) is 101 Å². The number of aliphatic carboxylic acids is 6. The van der Waals surface area contributed by atoms with Gasteiger partial charge in [-0.05, 0) is 118 Å². The highest BCUT2D eigenvalue weighted by Crippen LogP contribution is 2.33. The second kappa shape index (κ2) is 54.8. The molecule has 2 heterocycles. The van der Waals surface area contributed by atoms with E-state index in [0.717, 1.165) is 45.8 Å². The summed E-state index contributed by atoms with van der Waals surface area (Å²) in [5.74, 6) is -17.9. The second-order valence-corrected chi connectivity index (χ2v) is 33.4. The van der Waals surface area contributed by atoms with Gasteiger partial charge in [-0.3, -0.25) is 67.9 Å². The van der Waals surface area contributed by atoms with Crippen LogP contribution < -0.4 is 58.7 Å². The maximum atomic E-state index is 15.0. The highest BCUT2D eigenvalue weighted by molar-refractivity contribution is 8.76. The molecule has 3 aromatic rings. The predicted molar refractivity (Wildman–Crippen MR) is 447 cm³/mol. The van der Waals surface area contributed by atoms with Crippen molar-refractivity contribution in [2.45, 2.75) is 231 Å². The third kappa shape index (κ3) is 39.3. The summed E-state index contributed by atoms with van der Waals surface area (Å²) in [5.41, 5.74) is 5.82. The number of carboxylic acids is 6. The Hall–Kier alpha value is -11.6. The molecule has 1 aromatic heterocycles. The highest BCUT2D eigenvalue weighted by Gasteiger charge is 2.41. The largest absolute Gasteiger partial charge is 0.508 e. The molecule has 0 saturated carbocycles. The fourth-order valence-electron chi connectivity index (χ4n) is 12.6. The smallest absolute Gasteiger partial charge is 0.426 e. The fraction of sp³-hybridized carbons (Fsp3) is 0.582. The number of phenols is 1. The summed E-state index contributed by atoms with van der Waals surface area (Å²) >= 11 is 1.00. The minimum Gasteiger partial charge on any atom is -0.508 e. The third-order valence-corrected chi connectivity index (χ3v) is 22.9. The van der Waals surface area contributed by atoms with Crippen LogP contribution in [0.5, 0.6) is 5.75 Å². The number of hydrogen-bond acceptors (Lipinski definition) is 27. The summed E-state index contributed by atoms with van der Waals surface area (Å²) in [5, 5.41) is 90.5. The van der Waals surface area contributed by atoms with E-state index < -0.39 is 194 Å². The number of carbonyl (C=O) groups is 18. The number of likely N-dealkylation sites (N-methyl/N-ethyl adjacent to an activating group) is 1. The minimum absolute atomic E-state index is 0.00307. The molecule has 12 atom stereocenters. The van der Waals surface area contributed by atoms with Gasteiger partial charge in [0, 0.05) is 74.2 Å². The van der Waals surface area contributed by atoms with Gasteiger partial charge in [-0.1, -0.05) is 112 Å². The average molecular weight is 1800 g/mol. The molecule has 0 spiro atoms. The molecular formula is C79H114N14O28S3. The molecule has 124 heavy (non-hydrogen) atoms. The van der Waals surface area contributed by atoms with Gasteiger partial charge in [-0.15, -0.1) is 11.3 Å². The molecule has 42 nitrogen and oxygen atoms in total. The number of aromatic hydroxyl groups is 1. The number of urea groups is 2. The number of aromatic nitrogens is 1. The number of unbranched alkanes of at least 4 members (excludes halogenated alkanes) is 1. The number of phenolic OH excluding ortho intramolecular Hbond substituents is 1. The molecule has 686 valence electrons. The van der Waals surface area contributed by atoms with Crippen molar-refractivity contribution in [1.82, 2.24) is 73.5 Å². The summed E-state index contributed by atoms with van der Waals surface area (Å²) in [4.78, 5) is 238. The van der Waals surface area contributed by atoms with E-state index in [1.54, 1.807) is 19.1 Å². The van der Waals surface area contributed by atoms with Crippen LogP contribution in [0.15, 0.2) is 53.9 Å². The number of carbonyl (C=O) groups excluding carboxylic acids is 12. The van der Waals surface area contributed by atoms with Gasteiger partial charge in [0.1, 0.15) is 59.3 Å². The van der Waals surface area contributed by atoms with Crippen LogP contribution in [0.1, 0.15) is 189 Å². The molecule has 1 aliphatic rings. The van der Waals surface area contributed by atoms with Crippen molar-refractivity contribution >= 4 is 140 Å². The molecule has 1 unspecified atom stereocenters. The van der Waals surface area contributed by atoms with E-state index in [4.69, 9.17) is 19.3 Å². The Bertz CT molecular complexity index is 4120. The molecule has 18 N–H and O–H groups in total. The summed E-state index contributed by atoms with van der Waals surface area (Å²) in [6.45, 7) is 11.9. The van der Waals surface area contributed by atoms with Crippen molar-refractivity contribution < 1.29 is 136 Å². The van der Waals surface area contributed by atoms with Gasteiger partial charge in [0.15, 0.2) is 12.8 Å². The van der Waals surface area contributed by atoms with Gasteiger partial charge in [-0.2, -0.15) is 0 Å². The zero-order chi connectivity index (χ0) is 92.3. The summed E-state index contributed by atoms with van der Waals surface area (Å²) in [6.07, 6.45) is -1.69. The van der Waals surface area contributed by atoms with Gasteiger partial charge in [0.2, 0.25) is 35.4 Å². The molecule has 1 fully saturated rings. The lowest BCUT2D eigenvalue weighted by atomic mass is 9.92. The molecule has 0 bridgehead atoms. The second-order valence-electron chi connectivity index (χ2n) is 29.9. The maximum absolute atomic E-state index is 15.0. The molecule has 12 amide bonds. The summed E-state index contributed by atoms with van der Waals surface area (Å²) in [6, 6.07) is -1.16. The number of carboxylic acid groups (broad SMARTS) is 6. The van der Waals surface area contributed by atoms with E-state index in [-0.39, 0.29) is 130 Å². The third-order valence-electron chi connectivity index (χ3n) is 19.6. The molecule has 1 aliphatic heterocycles.